The molecule has 3 aromatic carbocycles. The van der Waals surface area contributed by atoms with Crippen LogP contribution in [-0.2, 0) is 4.79 Å². The van der Waals surface area contributed by atoms with E-state index < -0.39 is 12.0 Å². The Balaban J connectivity index is 1.68. The summed E-state index contributed by atoms with van der Waals surface area (Å²) in [7, 11) is 0. The van der Waals surface area contributed by atoms with Crippen LogP contribution in [0.3, 0.4) is 0 Å². The molecule has 1 amide bonds. The average Bonchev–Trinajstić information content (AvgIpc) is 3.19. The lowest BCUT2D eigenvalue weighted by atomic mass is 9.99. The fraction of sp³-hybridized carbons (Fsp3) is 0.200. The maximum atomic E-state index is 13.4. The molecule has 0 unspecified atom stereocenters. The highest BCUT2D eigenvalue weighted by Gasteiger charge is 2.42. The summed E-state index contributed by atoms with van der Waals surface area (Å²) in [6, 6.07) is 21.5. The largest absolute Gasteiger partial charge is 0.480 e. The molecule has 30 heavy (non-hydrogen) atoms. The molecule has 4 nitrogen and oxygen atoms in total. The number of amides is 1. The van der Waals surface area contributed by atoms with Crippen molar-refractivity contribution in [3.05, 3.63) is 94.5 Å². The van der Waals surface area contributed by atoms with Crippen LogP contribution in [0, 0.1) is 6.92 Å². The van der Waals surface area contributed by atoms with Gasteiger partial charge in [-0.25, -0.2) is 4.79 Å². The van der Waals surface area contributed by atoms with Gasteiger partial charge >= 0.3 is 5.97 Å². The van der Waals surface area contributed by atoms with Crippen LogP contribution in [0.25, 0.3) is 11.1 Å². The minimum Gasteiger partial charge on any atom is -0.480 e. The molecule has 1 aliphatic rings. The molecule has 1 N–H and O–H groups in total. The summed E-state index contributed by atoms with van der Waals surface area (Å²) in [5.41, 5.74) is 4.53. The third-order valence-electron chi connectivity index (χ3n) is 5.76. The van der Waals surface area contributed by atoms with Gasteiger partial charge in [-0.1, -0.05) is 66.2 Å². The first-order chi connectivity index (χ1) is 14.5. The van der Waals surface area contributed by atoms with E-state index in [2.05, 4.69) is 0 Å². The number of carbonyl (C=O) groups is 2. The standard InChI is InChI=1S/C25H22ClNO3/c1-16-6-2-3-7-19(16)17-10-12-18(13-11-17)24(28)27-22(14-15-23(27)25(29)30)20-8-4-5-9-21(20)26/h2-13,22-23H,14-15H2,1H3,(H,29,30)/t22-,23-/m0/s1. The number of hydrogen-bond donors (Lipinski definition) is 1. The summed E-state index contributed by atoms with van der Waals surface area (Å²) in [6.07, 6.45) is 0.964. The Hall–Kier alpha value is -3.11. The zero-order valence-electron chi connectivity index (χ0n) is 16.6. The SMILES string of the molecule is Cc1ccccc1-c1ccc(C(=O)N2[C@H](C(=O)O)CC[C@H]2c2ccccc2Cl)cc1. The number of benzene rings is 3. The van der Waals surface area contributed by atoms with Gasteiger partial charge in [-0.15, -0.1) is 0 Å². The van der Waals surface area contributed by atoms with Crippen LogP contribution in [0.15, 0.2) is 72.8 Å². The van der Waals surface area contributed by atoms with Gasteiger partial charge in [0.15, 0.2) is 0 Å². The van der Waals surface area contributed by atoms with E-state index in [0.29, 0.717) is 23.4 Å². The molecule has 3 aromatic rings. The summed E-state index contributed by atoms with van der Waals surface area (Å²) in [5, 5.41) is 10.3. The third kappa shape index (κ3) is 3.71. The van der Waals surface area contributed by atoms with Crippen LogP contribution < -0.4 is 0 Å². The van der Waals surface area contributed by atoms with Crippen molar-refractivity contribution in [1.29, 1.82) is 0 Å². The van der Waals surface area contributed by atoms with E-state index in [9.17, 15) is 14.7 Å². The maximum Gasteiger partial charge on any atom is 0.326 e. The molecule has 0 aliphatic carbocycles. The predicted octanol–water partition coefficient (Wildman–Crippen LogP) is 5.75. The first kappa shape index (κ1) is 20.2. The smallest absolute Gasteiger partial charge is 0.326 e. The van der Waals surface area contributed by atoms with E-state index in [4.69, 9.17) is 11.6 Å². The summed E-state index contributed by atoms with van der Waals surface area (Å²) in [5.74, 6) is -1.28. The van der Waals surface area contributed by atoms with Crippen molar-refractivity contribution in [3.8, 4) is 11.1 Å². The Morgan fingerprint density at radius 3 is 2.27 bits per heavy atom. The van der Waals surface area contributed by atoms with E-state index in [1.165, 1.54) is 4.90 Å². The lowest BCUT2D eigenvalue weighted by molar-refractivity contribution is -0.141. The fourth-order valence-corrected chi connectivity index (χ4v) is 4.49. The highest BCUT2D eigenvalue weighted by atomic mass is 35.5. The highest BCUT2D eigenvalue weighted by Crippen LogP contribution is 2.40. The summed E-state index contributed by atoms with van der Waals surface area (Å²) < 4.78 is 0. The molecular weight excluding hydrogens is 398 g/mol. The summed E-state index contributed by atoms with van der Waals surface area (Å²) in [6.45, 7) is 2.05. The van der Waals surface area contributed by atoms with Crippen molar-refractivity contribution in [1.82, 2.24) is 4.90 Å². The third-order valence-corrected chi connectivity index (χ3v) is 6.10. The van der Waals surface area contributed by atoms with Gasteiger partial charge in [-0.05, 0) is 60.2 Å². The fourth-order valence-electron chi connectivity index (χ4n) is 4.23. The normalized spacial score (nSPS) is 18.4. The van der Waals surface area contributed by atoms with Gasteiger partial charge in [-0.2, -0.15) is 0 Å². The Bertz CT molecular complexity index is 1090. The monoisotopic (exact) mass is 419 g/mol. The lowest BCUT2D eigenvalue weighted by Gasteiger charge is -2.29. The van der Waals surface area contributed by atoms with Gasteiger partial charge in [0.1, 0.15) is 6.04 Å². The van der Waals surface area contributed by atoms with Crippen molar-refractivity contribution < 1.29 is 14.7 Å². The number of likely N-dealkylation sites (tertiary alicyclic amines) is 1. The van der Waals surface area contributed by atoms with Gasteiger partial charge in [0.25, 0.3) is 5.91 Å². The topological polar surface area (TPSA) is 57.6 Å². The number of rotatable bonds is 4. The van der Waals surface area contributed by atoms with Gasteiger partial charge in [0.2, 0.25) is 0 Å². The zero-order valence-corrected chi connectivity index (χ0v) is 17.3. The second kappa shape index (κ2) is 8.33. The van der Waals surface area contributed by atoms with E-state index >= 15 is 0 Å². The molecule has 1 aliphatic heterocycles. The lowest BCUT2D eigenvalue weighted by Crippen LogP contribution is -2.41. The molecule has 0 aromatic heterocycles. The van der Waals surface area contributed by atoms with Crippen LogP contribution in [0.1, 0.15) is 40.4 Å². The van der Waals surface area contributed by atoms with E-state index in [-0.39, 0.29) is 11.9 Å². The molecule has 1 fully saturated rings. The molecule has 0 spiro atoms. The number of nitrogens with zero attached hydrogens (tertiary/aromatic N) is 1. The zero-order chi connectivity index (χ0) is 21.3. The van der Waals surface area contributed by atoms with Crippen molar-refractivity contribution in [3.63, 3.8) is 0 Å². The maximum absolute atomic E-state index is 13.4. The molecule has 5 heteroatoms. The van der Waals surface area contributed by atoms with Gasteiger partial charge in [-0.3, -0.25) is 4.79 Å². The molecule has 0 bridgehead atoms. The number of carboxylic acid groups (broad SMARTS) is 1. The van der Waals surface area contributed by atoms with Crippen molar-refractivity contribution in [2.75, 3.05) is 0 Å². The van der Waals surface area contributed by atoms with Crippen LogP contribution in [0.5, 0.6) is 0 Å². The van der Waals surface area contributed by atoms with E-state index in [1.807, 2.05) is 61.5 Å². The average molecular weight is 420 g/mol. The molecule has 2 atom stereocenters. The van der Waals surface area contributed by atoms with Crippen molar-refractivity contribution >= 4 is 23.5 Å². The van der Waals surface area contributed by atoms with Crippen LogP contribution in [0.2, 0.25) is 5.02 Å². The van der Waals surface area contributed by atoms with Crippen molar-refractivity contribution in [2.24, 2.45) is 0 Å². The Morgan fingerprint density at radius 1 is 0.933 bits per heavy atom. The Labute approximate surface area is 180 Å². The second-order valence-corrected chi connectivity index (χ2v) is 7.98. The van der Waals surface area contributed by atoms with Gasteiger partial charge in [0, 0.05) is 10.6 Å². The Kier molecular flexibility index (Phi) is 5.60. The summed E-state index contributed by atoms with van der Waals surface area (Å²) >= 11 is 6.37. The minimum absolute atomic E-state index is 0.291. The first-order valence-electron chi connectivity index (χ1n) is 9.93. The number of hydrogen-bond acceptors (Lipinski definition) is 2. The quantitative estimate of drug-likeness (QED) is 0.586. The van der Waals surface area contributed by atoms with Gasteiger partial charge in [0.05, 0.1) is 6.04 Å². The predicted molar refractivity (Wildman–Crippen MR) is 118 cm³/mol. The Morgan fingerprint density at radius 2 is 1.60 bits per heavy atom. The van der Waals surface area contributed by atoms with Gasteiger partial charge < -0.3 is 10.0 Å². The van der Waals surface area contributed by atoms with Crippen LogP contribution in [0.4, 0.5) is 0 Å². The minimum atomic E-state index is -0.991. The summed E-state index contributed by atoms with van der Waals surface area (Å²) in [4.78, 5) is 26.7. The molecule has 0 saturated carbocycles. The number of aliphatic carboxylic acids is 1. The highest BCUT2D eigenvalue weighted by molar-refractivity contribution is 6.31. The molecule has 0 radical (unpaired) electrons. The molecule has 1 heterocycles. The second-order valence-electron chi connectivity index (χ2n) is 7.57. The van der Waals surface area contributed by atoms with Crippen LogP contribution >= 0.6 is 11.6 Å². The van der Waals surface area contributed by atoms with E-state index in [1.54, 1.807) is 18.2 Å². The molecule has 4 rings (SSSR count). The first-order valence-corrected chi connectivity index (χ1v) is 10.3. The number of carbonyl (C=O) groups excluding carboxylic acids is 1. The molecular formula is C25H22ClNO3. The molecule has 152 valence electrons. The number of aryl methyl sites for hydroxylation is 1. The van der Waals surface area contributed by atoms with Crippen molar-refractivity contribution in [2.45, 2.75) is 31.8 Å². The van der Waals surface area contributed by atoms with Crippen LogP contribution in [-0.4, -0.2) is 27.9 Å². The molecule has 1 saturated heterocycles. The van der Waals surface area contributed by atoms with E-state index in [0.717, 1.165) is 22.3 Å². The number of halogens is 1. The number of carboxylic acids is 1.